The Kier molecular flexibility index (Phi) is 8.79. The maximum atomic E-state index is 13.3. The lowest BCUT2D eigenvalue weighted by molar-refractivity contribution is -0.117. The molecule has 14 nitrogen and oxygen atoms in total. The SMILES string of the molecule is CCC1c2c(cnn2C2CN(Cc3cccc(C(=O)N4CC[C@H](C)C4)n3)C2)-c2cccc(Nc3cc(NC(=O)C4CC4)nnc3C(=O)NC3CC3)c2N1C. The molecule has 9 rings (SSSR count). The standard InChI is InChI=1S/C40H47N11O3/c1-4-33-37-29(18-41-51(37)27-21-49(22-27)20-26-7-5-10-31(42-26)40(54)50-16-15-23(2)19-50)28-8-6-9-30(36(28)48(33)3)44-32-17-34(45-38(52)24-11-12-24)46-47-35(32)39(53)43-25-13-14-25/h5-10,17-18,23-25,27,33H,4,11-16,19-22H2,1-3H3,(H,43,53)(H2,44,45,46,52)/t23-,33?/m0/s1. The molecule has 280 valence electrons. The van der Waals surface area contributed by atoms with Gasteiger partial charge < -0.3 is 25.8 Å². The molecular weight excluding hydrogens is 683 g/mol. The smallest absolute Gasteiger partial charge is 0.274 e. The van der Waals surface area contributed by atoms with Crippen molar-refractivity contribution in [1.82, 2.24) is 40.1 Å². The van der Waals surface area contributed by atoms with Crippen LogP contribution in [0, 0.1) is 11.8 Å². The van der Waals surface area contributed by atoms with Crippen LogP contribution in [0.3, 0.4) is 0 Å². The van der Waals surface area contributed by atoms with Gasteiger partial charge in [-0.25, -0.2) is 4.98 Å². The first-order valence-electron chi connectivity index (χ1n) is 19.4. The topological polar surface area (TPSA) is 154 Å². The van der Waals surface area contributed by atoms with E-state index in [0.29, 0.717) is 29.7 Å². The number of hydrogen-bond donors (Lipinski definition) is 3. The molecule has 3 N–H and O–H groups in total. The first kappa shape index (κ1) is 34.4. The van der Waals surface area contributed by atoms with Crippen molar-refractivity contribution >= 4 is 40.6 Å². The maximum Gasteiger partial charge on any atom is 0.274 e. The van der Waals surface area contributed by atoms with Gasteiger partial charge in [0.2, 0.25) is 5.91 Å². The number of carbonyl (C=O) groups is 3. The molecule has 4 aromatic rings. The number of nitrogens with one attached hydrogen (secondary N) is 3. The number of aromatic nitrogens is 5. The van der Waals surface area contributed by atoms with Crippen LogP contribution in [-0.2, 0) is 11.3 Å². The third-order valence-corrected chi connectivity index (χ3v) is 11.5. The molecular formula is C40H47N11O3. The van der Waals surface area contributed by atoms with E-state index in [4.69, 9.17) is 10.1 Å². The maximum absolute atomic E-state index is 13.3. The van der Waals surface area contributed by atoms with Gasteiger partial charge in [-0.3, -0.25) is 24.0 Å². The number of carbonyl (C=O) groups excluding carboxylic acids is 3. The highest BCUT2D eigenvalue weighted by Crippen LogP contribution is 2.50. The Morgan fingerprint density at radius 2 is 1.74 bits per heavy atom. The molecule has 14 heteroatoms. The summed E-state index contributed by atoms with van der Waals surface area (Å²) in [5.41, 5.74) is 7.27. The number of amides is 3. The Morgan fingerprint density at radius 1 is 0.926 bits per heavy atom. The lowest BCUT2D eigenvalue weighted by Crippen LogP contribution is -2.48. The molecule has 54 heavy (non-hydrogen) atoms. The summed E-state index contributed by atoms with van der Waals surface area (Å²) in [6.07, 6.45) is 7.55. The highest BCUT2D eigenvalue weighted by Gasteiger charge is 2.39. The van der Waals surface area contributed by atoms with Crippen molar-refractivity contribution in [3.63, 3.8) is 0 Å². The molecule has 2 atom stereocenters. The molecule has 1 aromatic carbocycles. The van der Waals surface area contributed by atoms with E-state index >= 15 is 0 Å². The lowest BCUT2D eigenvalue weighted by Gasteiger charge is -2.43. The summed E-state index contributed by atoms with van der Waals surface area (Å²) < 4.78 is 2.21. The van der Waals surface area contributed by atoms with Gasteiger partial charge in [0.1, 0.15) is 5.69 Å². The normalized spacial score (nSPS) is 20.9. The first-order chi connectivity index (χ1) is 26.2. The van der Waals surface area contributed by atoms with Gasteiger partial charge in [-0.05, 0) is 62.6 Å². The lowest BCUT2D eigenvalue weighted by atomic mass is 9.91. The Balaban J connectivity index is 0.950. The van der Waals surface area contributed by atoms with Crippen molar-refractivity contribution in [2.24, 2.45) is 11.8 Å². The van der Waals surface area contributed by atoms with Gasteiger partial charge in [0.15, 0.2) is 11.5 Å². The fourth-order valence-corrected chi connectivity index (χ4v) is 8.19. The average Bonchev–Trinajstić information content (AvgIpc) is 4.08. The summed E-state index contributed by atoms with van der Waals surface area (Å²) in [5.74, 6) is 0.524. The summed E-state index contributed by atoms with van der Waals surface area (Å²) in [6, 6.07) is 14.1. The van der Waals surface area contributed by atoms with Crippen LogP contribution in [0.5, 0.6) is 0 Å². The van der Waals surface area contributed by atoms with E-state index in [1.807, 2.05) is 41.4 Å². The van der Waals surface area contributed by atoms with Crippen molar-refractivity contribution in [3.8, 4) is 11.1 Å². The van der Waals surface area contributed by atoms with E-state index in [1.54, 1.807) is 6.07 Å². The highest BCUT2D eigenvalue weighted by atomic mass is 16.2. The third kappa shape index (κ3) is 6.56. The second kappa shape index (κ2) is 13.8. The molecule has 3 aromatic heterocycles. The Hall–Kier alpha value is -5.37. The van der Waals surface area contributed by atoms with Gasteiger partial charge in [0, 0.05) is 68.9 Å². The van der Waals surface area contributed by atoms with Gasteiger partial charge >= 0.3 is 0 Å². The molecule has 2 saturated carbocycles. The fraction of sp³-hybridized carbons (Fsp3) is 0.475. The summed E-state index contributed by atoms with van der Waals surface area (Å²) in [6.45, 7) is 8.34. The minimum absolute atomic E-state index is 0.00891. The van der Waals surface area contributed by atoms with E-state index in [1.165, 1.54) is 5.69 Å². The number of hydrogen-bond acceptors (Lipinski definition) is 10. The first-order valence-corrected chi connectivity index (χ1v) is 19.4. The van der Waals surface area contributed by atoms with Crippen LogP contribution in [0.25, 0.3) is 11.1 Å². The molecule has 0 bridgehead atoms. The summed E-state index contributed by atoms with van der Waals surface area (Å²) in [4.78, 5) is 50.3. The molecule has 3 aliphatic heterocycles. The highest BCUT2D eigenvalue weighted by molar-refractivity contribution is 6.01. The summed E-state index contributed by atoms with van der Waals surface area (Å²) >= 11 is 0. The van der Waals surface area contributed by atoms with E-state index < -0.39 is 0 Å². The molecule has 0 radical (unpaired) electrons. The average molecular weight is 730 g/mol. The van der Waals surface area contributed by atoms with Crippen LogP contribution in [0.2, 0.25) is 0 Å². The number of benzene rings is 1. The Labute approximate surface area is 314 Å². The monoisotopic (exact) mass is 729 g/mol. The van der Waals surface area contributed by atoms with E-state index in [9.17, 15) is 14.4 Å². The van der Waals surface area contributed by atoms with Crippen molar-refractivity contribution in [2.45, 2.75) is 77.0 Å². The molecule has 0 spiro atoms. The molecule has 1 unspecified atom stereocenters. The predicted molar refractivity (Wildman–Crippen MR) is 204 cm³/mol. The van der Waals surface area contributed by atoms with E-state index in [-0.39, 0.29) is 47.5 Å². The number of pyridine rings is 1. The van der Waals surface area contributed by atoms with Crippen LogP contribution in [0.4, 0.5) is 22.9 Å². The fourth-order valence-electron chi connectivity index (χ4n) is 8.19. The molecule has 4 fully saturated rings. The van der Waals surface area contributed by atoms with Crippen molar-refractivity contribution in [3.05, 3.63) is 71.4 Å². The van der Waals surface area contributed by atoms with Crippen LogP contribution >= 0.6 is 0 Å². The van der Waals surface area contributed by atoms with Gasteiger partial charge in [-0.15, -0.1) is 10.2 Å². The van der Waals surface area contributed by atoms with Crippen molar-refractivity contribution < 1.29 is 14.4 Å². The van der Waals surface area contributed by atoms with Crippen molar-refractivity contribution in [2.75, 3.05) is 48.8 Å². The van der Waals surface area contributed by atoms with E-state index in [0.717, 1.165) is 92.9 Å². The number of para-hydroxylation sites is 1. The van der Waals surface area contributed by atoms with Gasteiger partial charge in [-0.2, -0.15) is 5.10 Å². The molecule has 5 aliphatic rings. The Morgan fingerprint density at radius 3 is 2.48 bits per heavy atom. The summed E-state index contributed by atoms with van der Waals surface area (Å²) in [7, 11) is 2.11. The predicted octanol–water partition coefficient (Wildman–Crippen LogP) is 5.16. The third-order valence-electron chi connectivity index (χ3n) is 11.5. The quantitative estimate of drug-likeness (QED) is 0.189. The number of nitrogens with zero attached hydrogens (tertiary/aromatic N) is 8. The van der Waals surface area contributed by atoms with Crippen LogP contribution in [0.15, 0.2) is 48.7 Å². The zero-order valence-electron chi connectivity index (χ0n) is 31.1. The van der Waals surface area contributed by atoms with Crippen LogP contribution in [0.1, 0.15) is 96.8 Å². The number of rotatable bonds is 11. The largest absolute Gasteiger partial charge is 0.364 e. The zero-order valence-corrected chi connectivity index (χ0v) is 31.1. The van der Waals surface area contributed by atoms with Crippen LogP contribution in [-0.4, -0.2) is 91.8 Å². The van der Waals surface area contributed by atoms with Crippen LogP contribution < -0.4 is 20.9 Å². The second-order valence-corrected chi connectivity index (χ2v) is 15.8. The number of fused-ring (bicyclic) bond motifs is 3. The molecule has 2 aliphatic carbocycles. The molecule has 6 heterocycles. The minimum Gasteiger partial charge on any atom is -0.364 e. The Bertz CT molecular complexity index is 2120. The minimum atomic E-state index is -0.288. The van der Waals surface area contributed by atoms with E-state index in [2.05, 4.69) is 67.6 Å². The van der Waals surface area contributed by atoms with Crippen molar-refractivity contribution in [1.29, 1.82) is 0 Å². The van der Waals surface area contributed by atoms with Gasteiger partial charge in [0.25, 0.3) is 11.8 Å². The summed E-state index contributed by atoms with van der Waals surface area (Å²) in [5, 5.41) is 22.9. The molecule has 3 amide bonds. The number of anilines is 4. The van der Waals surface area contributed by atoms with Gasteiger partial charge in [-0.1, -0.05) is 32.0 Å². The molecule has 2 saturated heterocycles. The number of likely N-dealkylation sites (tertiary alicyclic amines) is 2. The van der Waals surface area contributed by atoms with Gasteiger partial charge in [0.05, 0.1) is 46.7 Å². The zero-order chi connectivity index (χ0) is 37.1. The second-order valence-electron chi connectivity index (χ2n) is 15.8.